The average Bonchev–Trinajstić information content (AvgIpc) is 3.17. The highest BCUT2D eigenvalue weighted by Crippen LogP contribution is 2.60. The van der Waals surface area contributed by atoms with Crippen molar-refractivity contribution in [1.29, 1.82) is 0 Å². The fourth-order valence-corrected chi connectivity index (χ4v) is 6.32. The maximum Gasteiger partial charge on any atom is 0.326 e. The molecule has 1 N–H and O–H groups in total. The summed E-state index contributed by atoms with van der Waals surface area (Å²) in [5.74, 6) is -3.52. The first-order valence-corrected chi connectivity index (χ1v) is 12.5. The fourth-order valence-electron chi connectivity index (χ4n) is 6.32. The first-order valence-electron chi connectivity index (χ1n) is 12.5. The summed E-state index contributed by atoms with van der Waals surface area (Å²) in [5.41, 5.74) is 5.21. The van der Waals surface area contributed by atoms with Crippen LogP contribution >= 0.6 is 0 Å². The van der Waals surface area contributed by atoms with Crippen LogP contribution in [0.2, 0.25) is 0 Å². The van der Waals surface area contributed by atoms with E-state index >= 15 is 0 Å². The molecule has 4 aliphatic rings. The molecule has 0 aromatic heterocycles. The van der Waals surface area contributed by atoms with Crippen molar-refractivity contribution >= 4 is 23.7 Å². The molecule has 37 heavy (non-hydrogen) atoms. The van der Waals surface area contributed by atoms with E-state index in [0.717, 1.165) is 32.7 Å². The molecule has 0 unspecified atom stereocenters. The van der Waals surface area contributed by atoms with Gasteiger partial charge in [-0.05, 0) is 34.7 Å². The van der Waals surface area contributed by atoms with E-state index in [9.17, 15) is 19.2 Å². The van der Waals surface area contributed by atoms with Gasteiger partial charge in [0, 0.05) is 11.8 Å². The normalized spacial score (nSPS) is 23.6. The Morgan fingerprint density at radius 1 is 0.784 bits per heavy atom. The number of rotatable bonds is 6. The lowest BCUT2D eigenvalue weighted by molar-refractivity contribution is -0.155. The van der Waals surface area contributed by atoms with Crippen molar-refractivity contribution in [2.75, 3.05) is 13.2 Å². The zero-order valence-electron chi connectivity index (χ0n) is 20.3. The number of hydrogen-bond donors (Lipinski definition) is 1. The third kappa shape index (κ3) is 3.73. The summed E-state index contributed by atoms with van der Waals surface area (Å²) < 4.78 is 5.15. The van der Waals surface area contributed by atoms with Crippen molar-refractivity contribution in [3.8, 4) is 0 Å². The predicted octanol–water partition coefficient (Wildman–Crippen LogP) is 3.30. The van der Waals surface area contributed by atoms with E-state index < -0.39 is 36.9 Å². The third-order valence-electron chi connectivity index (χ3n) is 7.87. The number of nitrogens with one attached hydrogen (secondary N) is 1. The van der Waals surface area contributed by atoms with Crippen LogP contribution in [-0.2, 0) is 23.9 Å². The minimum absolute atomic E-state index is 0.231. The number of benzene rings is 3. The van der Waals surface area contributed by atoms with Crippen LogP contribution in [0.1, 0.15) is 52.6 Å². The van der Waals surface area contributed by atoms with Gasteiger partial charge in [-0.25, -0.2) is 0 Å². The van der Waals surface area contributed by atoms with E-state index in [0.29, 0.717) is 0 Å². The molecule has 7 heteroatoms. The molecule has 186 valence electrons. The summed E-state index contributed by atoms with van der Waals surface area (Å²) in [7, 11) is 0. The van der Waals surface area contributed by atoms with Gasteiger partial charge in [0.1, 0.15) is 6.54 Å². The molecular formula is C30H26N2O5. The van der Waals surface area contributed by atoms with E-state index in [4.69, 9.17) is 4.74 Å². The molecule has 0 radical (unpaired) electrons. The molecule has 3 amide bonds. The fraction of sp³-hybridized carbons (Fsp3) is 0.267. The standard InChI is InChI=1S/C30H26N2O5/c1-17(18-9-3-2-4-10-18)31-23(33)16-37-24(34)15-32-29(35)27-25-19-11-5-6-12-20(19)26(28(27)30(32)36)22-14-8-7-13-21(22)25/h2-14,17,25-28H,15-16H2,1H3,(H,31,33)/t17-,25?,26?,27-,28-/m0/s1. The quantitative estimate of drug-likeness (QED) is 0.419. The van der Waals surface area contributed by atoms with E-state index in [1.165, 1.54) is 0 Å². The van der Waals surface area contributed by atoms with E-state index in [-0.39, 0.29) is 29.7 Å². The van der Waals surface area contributed by atoms with E-state index in [1.54, 1.807) is 0 Å². The monoisotopic (exact) mass is 494 g/mol. The predicted molar refractivity (Wildman–Crippen MR) is 134 cm³/mol. The van der Waals surface area contributed by atoms with Gasteiger partial charge in [0.25, 0.3) is 5.91 Å². The minimum atomic E-state index is -0.787. The Hall–Kier alpha value is -4.26. The SMILES string of the molecule is C[C@H](NC(=O)COC(=O)CN1C(=O)[C@H]2C3c4ccccc4C(c4ccccc43)[C@@H]2C1=O)c1ccccc1. The lowest BCUT2D eigenvalue weighted by Gasteiger charge is -2.45. The molecule has 3 aliphatic carbocycles. The van der Waals surface area contributed by atoms with Crippen LogP contribution < -0.4 is 5.32 Å². The molecular weight excluding hydrogens is 468 g/mol. The number of likely N-dealkylation sites (tertiary alicyclic amines) is 1. The van der Waals surface area contributed by atoms with Crippen molar-refractivity contribution < 1.29 is 23.9 Å². The van der Waals surface area contributed by atoms with Gasteiger partial charge in [-0.15, -0.1) is 0 Å². The van der Waals surface area contributed by atoms with Crippen molar-refractivity contribution in [1.82, 2.24) is 10.2 Å². The molecule has 1 saturated heterocycles. The molecule has 0 spiro atoms. The zero-order valence-corrected chi connectivity index (χ0v) is 20.3. The molecule has 3 aromatic rings. The smallest absolute Gasteiger partial charge is 0.326 e. The number of hydrogen-bond acceptors (Lipinski definition) is 5. The molecule has 2 bridgehead atoms. The lowest BCUT2D eigenvalue weighted by Crippen LogP contribution is -2.41. The molecule has 1 fully saturated rings. The van der Waals surface area contributed by atoms with Crippen LogP contribution in [0, 0.1) is 11.8 Å². The molecule has 1 heterocycles. The molecule has 7 nitrogen and oxygen atoms in total. The number of carbonyl (C=O) groups is 4. The average molecular weight is 495 g/mol. The van der Waals surface area contributed by atoms with Crippen LogP contribution in [-0.4, -0.2) is 41.7 Å². The first-order chi connectivity index (χ1) is 18.0. The Balaban J connectivity index is 1.16. The lowest BCUT2D eigenvalue weighted by atomic mass is 9.55. The van der Waals surface area contributed by atoms with E-state index in [2.05, 4.69) is 5.32 Å². The number of nitrogens with zero attached hydrogens (tertiary/aromatic N) is 1. The van der Waals surface area contributed by atoms with Crippen LogP contribution in [0.25, 0.3) is 0 Å². The second-order valence-corrected chi connectivity index (χ2v) is 9.89. The Labute approximate surface area is 214 Å². The van der Waals surface area contributed by atoms with Gasteiger partial charge in [0.05, 0.1) is 17.9 Å². The Morgan fingerprint density at radius 3 is 1.73 bits per heavy atom. The Kier molecular flexibility index (Phi) is 5.63. The largest absolute Gasteiger partial charge is 0.454 e. The van der Waals surface area contributed by atoms with Gasteiger partial charge in [-0.3, -0.25) is 24.1 Å². The van der Waals surface area contributed by atoms with Crippen LogP contribution in [0.3, 0.4) is 0 Å². The van der Waals surface area contributed by atoms with Gasteiger partial charge in [0.15, 0.2) is 6.61 Å². The van der Waals surface area contributed by atoms with Gasteiger partial charge in [-0.2, -0.15) is 0 Å². The second-order valence-electron chi connectivity index (χ2n) is 9.89. The van der Waals surface area contributed by atoms with Crippen LogP contribution in [0.5, 0.6) is 0 Å². The zero-order chi connectivity index (χ0) is 25.7. The topological polar surface area (TPSA) is 92.8 Å². The minimum Gasteiger partial charge on any atom is -0.454 e. The molecule has 3 aromatic carbocycles. The summed E-state index contributed by atoms with van der Waals surface area (Å²) in [5, 5.41) is 2.78. The van der Waals surface area contributed by atoms with Gasteiger partial charge >= 0.3 is 5.97 Å². The second kappa shape index (κ2) is 9.00. The van der Waals surface area contributed by atoms with Gasteiger partial charge in [0.2, 0.25) is 11.8 Å². The number of imide groups is 1. The highest BCUT2D eigenvalue weighted by molar-refractivity contribution is 6.09. The van der Waals surface area contributed by atoms with E-state index in [1.807, 2.05) is 85.8 Å². The summed E-state index contributed by atoms with van der Waals surface area (Å²) in [6.45, 7) is 0.849. The highest BCUT2D eigenvalue weighted by atomic mass is 16.5. The molecule has 0 saturated carbocycles. The summed E-state index contributed by atoms with van der Waals surface area (Å²) in [6, 6.07) is 25.1. The van der Waals surface area contributed by atoms with Gasteiger partial charge in [-0.1, -0.05) is 78.9 Å². The molecule has 7 rings (SSSR count). The van der Waals surface area contributed by atoms with Crippen molar-refractivity contribution in [2.45, 2.75) is 24.8 Å². The van der Waals surface area contributed by atoms with Crippen LogP contribution in [0.15, 0.2) is 78.9 Å². The Morgan fingerprint density at radius 2 is 1.24 bits per heavy atom. The van der Waals surface area contributed by atoms with Crippen LogP contribution in [0.4, 0.5) is 0 Å². The maximum absolute atomic E-state index is 13.6. The molecule has 1 aliphatic heterocycles. The third-order valence-corrected chi connectivity index (χ3v) is 7.87. The van der Waals surface area contributed by atoms with Crippen molar-refractivity contribution in [3.63, 3.8) is 0 Å². The summed E-state index contributed by atoms with van der Waals surface area (Å²) >= 11 is 0. The number of ether oxygens (including phenoxy) is 1. The first kappa shape index (κ1) is 23.2. The van der Waals surface area contributed by atoms with Crippen molar-refractivity contribution in [2.24, 2.45) is 11.8 Å². The van der Waals surface area contributed by atoms with Gasteiger partial charge < -0.3 is 10.1 Å². The summed E-state index contributed by atoms with van der Waals surface area (Å²) in [6.07, 6.45) is 0. The summed E-state index contributed by atoms with van der Waals surface area (Å²) in [4.78, 5) is 53.1. The highest BCUT2D eigenvalue weighted by Gasteiger charge is 2.61. The Bertz CT molecular complexity index is 1300. The number of carbonyl (C=O) groups excluding carboxylic acids is 4. The van der Waals surface area contributed by atoms with Crippen molar-refractivity contribution in [3.05, 3.63) is 107 Å². The number of amides is 3. The molecule has 3 atom stereocenters. The number of esters is 1. The maximum atomic E-state index is 13.6.